The predicted molar refractivity (Wildman–Crippen MR) is 134 cm³/mol. The number of amides is 1. The number of non-ortho nitro benzene ring substituents is 1. The van der Waals surface area contributed by atoms with Crippen LogP contribution in [0.25, 0.3) is 11.3 Å². The molecular formula is C23H21N5O8S. The van der Waals surface area contributed by atoms with Crippen LogP contribution in [0.4, 0.5) is 22.2 Å². The minimum atomic E-state index is -1.23. The van der Waals surface area contributed by atoms with Gasteiger partial charge in [-0.15, -0.1) is 11.3 Å². The number of anilines is 2. The van der Waals surface area contributed by atoms with E-state index in [-0.39, 0.29) is 22.1 Å². The van der Waals surface area contributed by atoms with Gasteiger partial charge in [0.15, 0.2) is 11.2 Å². The van der Waals surface area contributed by atoms with Crippen molar-refractivity contribution in [1.29, 1.82) is 0 Å². The molecule has 0 radical (unpaired) electrons. The molecule has 4 rings (SSSR count). The van der Waals surface area contributed by atoms with Crippen LogP contribution in [-0.4, -0.2) is 59.1 Å². The quantitative estimate of drug-likeness (QED) is 0.259. The molecule has 37 heavy (non-hydrogen) atoms. The molecule has 0 saturated carbocycles. The van der Waals surface area contributed by atoms with Crippen molar-refractivity contribution in [3.05, 3.63) is 73.6 Å². The van der Waals surface area contributed by atoms with Gasteiger partial charge in [-0.2, -0.15) is 0 Å². The second-order valence-corrected chi connectivity index (χ2v) is 8.80. The summed E-state index contributed by atoms with van der Waals surface area (Å²) in [6.45, 7) is 3.22. The van der Waals surface area contributed by atoms with Gasteiger partial charge in [0.1, 0.15) is 5.69 Å². The Labute approximate surface area is 213 Å². The zero-order chi connectivity index (χ0) is 26.5. The summed E-state index contributed by atoms with van der Waals surface area (Å²) in [5.74, 6) is -1.55. The highest BCUT2D eigenvalue weighted by Crippen LogP contribution is 2.31. The van der Waals surface area contributed by atoms with Crippen LogP contribution in [-0.2, 0) is 14.3 Å². The van der Waals surface area contributed by atoms with Crippen LogP contribution >= 0.6 is 11.3 Å². The number of morpholine rings is 1. The summed E-state index contributed by atoms with van der Waals surface area (Å²) in [5.41, 5.74) is 0.915. The largest absolute Gasteiger partial charge is 0.449 e. The Morgan fingerprint density at radius 1 is 1.14 bits per heavy atom. The van der Waals surface area contributed by atoms with Gasteiger partial charge in [0, 0.05) is 42.2 Å². The van der Waals surface area contributed by atoms with Crippen LogP contribution in [0.5, 0.6) is 0 Å². The van der Waals surface area contributed by atoms with Crippen LogP contribution in [0.1, 0.15) is 17.3 Å². The molecule has 1 amide bonds. The van der Waals surface area contributed by atoms with Gasteiger partial charge in [0.2, 0.25) is 0 Å². The minimum Gasteiger partial charge on any atom is -0.449 e. The lowest BCUT2D eigenvalue weighted by molar-refractivity contribution is -0.384. The summed E-state index contributed by atoms with van der Waals surface area (Å²) in [4.78, 5) is 52.8. The molecule has 0 bridgehead atoms. The fourth-order valence-corrected chi connectivity index (χ4v) is 4.32. The number of esters is 1. The van der Waals surface area contributed by atoms with Crippen LogP contribution in [0.2, 0.25) is 0 Å². The highest BCUT2D eigenvalue weighted by Gasteiger charge is 2.26. The topological polar surface area (TPSA) is 167 Å². The van der Waals surface area contributed by atoms with E-state index in [9.17, 15) is 29.8 Å². The maximum atomic E-state index is 12.6. The Morgan fingerprint density at radius 2 is 1.89 bits per heavy atom. The molecule has 3 aromatic rings. The van der Waals surface area contributed by atoms with E-state index in [0.29, 0.717) is 43.2 Å². The zero-order valence-corrected chi connectivity index (χ0v) is 20.3. The normalized spacial score (nSPS) is 14.0. The van der Waals surface area contributed by atoms with Crippen molar-refractivity contribution in [3.8, 4) is 11.3 Å². The number of benzene rings is 2. The van der Waals surface area contributed by atoms with Crippen molar-refractivity contribution < 1.29 is 28.9 Å². The Hall–Kier alpha value is -4.43. The summed E-state index contributed by atoms with van der Waals surface area (Å²) in [6.07, 6.45) is -1.23. The predicted octanol–water partition coefficient (Wildman–Crippen LogP) is 3.65. The van der Waals surface area contributed by atoms with E-state index < -0.39 is 27.8 Å². The average Bonchev–Trinajstić information content (AvgIpc) is 3.37. The van der Waals surface area contributed by atoms with Crippen molar-refractivity contribution in [2.45, 2.75) is 13.0 Å². The van der Waals surface area contributed by atoms with Gasteiger partial charge in [0.05, 0.1) is 34.3 Å². The molecule has 14 heteroatoms. The standard InChI is InChI=1S/C23H21N5O8S/c1-14(21(29)25-23-24-18(13-37-23)15-3-2-4-17(11-15)27(31)32)36-22(30)16-5-6-19(20(12-16)28(33)34)26-7-9-35-10-8-26/h2-6,11-14H,7-10H2,1H3,(H,24,25,29)/t14-/m1/s1. The number of nitro benzene ring substituents is 2. The molecule has 0 aliphatic carbocycles. The Kier molecular flexibility index (Phi) is 7.69. The zero-order valence-electron chi connectivity index (χ0n) is 19.5. The summed E-state index contributed by atoms with van der Waals surface area (Å²) in [6, 6.07) is 9.94. The fourth-order valence-electron chi connectivity index (χ4n) is 3.60. The van der Waals surface area contributed by atoms with Gasteiger partial charge in [0.25, 0.3) is 17.3 Å². The number of hydrogen-bond acceptors (Lipinski definition) is 11. The molecule has 2 heterocycles. The molecular weight excluding hydrogens is 506 g/mol. The summed E-state index contributed by atoms with van der Waals surface area (Å²) in [7, 11) is 0. The van der Waals surface area contributed by atoms with Gasteiger partial charge in [-0.05, 0) is 19.1 Å². The molecule has 1 aromatic heterocycles. The molecule has 2 aromatic carbocycles. The first-order valence-electron chi connectivity index (χ1n) is 11.1. The number of carbonyl (C=O) groups excluding carboxylic acids is 2. The third kappa shape index (κ3) is 6.05. The monoisotopic (exact) mass is 527 g/mol. The first-order chi connectivity index (χ1) is 17.7. The average molecular weight is 528 g/mol. The van der Waals surface area contributed by atoms with E-state index in [2.05, 4.69) is 10.3 Å². The SMILES string of the molecule is C[C@@H](OC(=O)c1ccc(N2CCOCC2)c([N+](=O)[O-])c1)C(=O)Nc1nc(-c2cccc([N+](=O)[O-])c2)cs1. The van der Waals surface area contributed by atoms with E-state index in [1.807, 2.05) is 4.90 Å². The maximum Gasteiger partial charge on any atom is 0.339 e. The first kappa shape index (κ1) is 25.7. The highest BCUT2D eigenvalue weighted by molar-refractivity contribution is 7.14. The lowest BCUT2D eigenvalue weighted by Crippen LogP contribution is -2.36. The number of carbonyl (C=O) groups is 2. The second-order valence-electron chi connectivity index (χ2n) is 7.94. The minimum absolute atomic E-state index is 0.0643. The number of hydrogen-bond donors (Lipinski definition) is 1. The number of thiazole rings is 1. The van der Waals surface area contributed by atoms with Crippen LogP contribution in [0, 0.1) is 20.2 Å². The molecule has 0 unspecified atom stereocenters. The molecule has 1 atom stereocenters. The number of nitrogens with zero attached hydrogens (tertiary/aromatic N) is 4. The van der Waals surface area contributed by atoms with Gasteiger partial charge in [-0.25, -0.2) is 9.78 Å². The molecule has 1 N–H and O–H groups in total. The number of rotatable bonds is 8. The van der Waals surface area contributed by atoms with E-state index in [1.54, 1.807) is 11.4 Å². The Balaban J connectivity index is 1.41. The fraction of sp³-hybridized carbons (Fsp3) is 0.261. The number of nitro groups is 2. The third-order valence-electron chi connectivity index (χ3n) is 5.50. The molecule has 1 aliphatic rings. The molecule has 1 aliphatic heterocycles. The molecule has 1 saturated heterocycles. The van der Waals surface area contributed by atoms with Crippen molar-refractivity contribution >= 4 is 45.4 Å². The lowest BCUT2D eigenvalue weighted by Gasteiger charge is -2.28. The third-order valence-corrected chi connectivity index (χ3v) is 6.26. The Morgan fingerprint density at radius 3 is 2.59 bits per heavy atom. The van der Waals surface area contributed by atoms with Gasteiger partial charge >= 0.3 is 5.97 Å². The van der Waals surface area contributed by atoms with Crippen LogP contribution < -0.4 is 10.2 Å². The van der Waals surface area contributed by atoms with Gasteiger partial charge < -0.3 is 14.4 Å². The van der Waals surface area contributed by atoms with Crippen molar-refractivity contribution in [2.75, 3.05) is 36.5 Å². The van der Waals surface area contributed by atoms with Crippen molar-refractivity contribution in [1.82, 2.24) is 4.98 Å². The Bertz CT molecular complexity index is 1350. The number of ether oxygens (including phenoxy) is 2. The number of aromatic nitrogens is 1. The maximum absolute atomic E-state index is 12.6. The first-order valence-corrected chi connectivity index (χ1v) is 11.9. The summed E-state index contributed by atoms with van der Waals surface area (Å²) < 4.78 is 10.5. The van der Waals surface area contributed by atoms with Crippen LogP contribution in [0.15, 0.2) is 47.8 Å². The van der Waals surface area contributed by atoms with Crippen LogP contribution in [0.3, 0.4) is 0 Å². The molecule has 13 nitrogen and oxygen atoms in total. The molecule has 192 valence electrons. The van der Waals surface area contributed by atoms with Crippen molar-refractivity contribution in [3.63, 3.8) is 0 Å². The number of nitrogens with one attached hydrogen (secondary N) is 1. The molecule has 1 fully saturated rings. The van der Waals surface area contributed by atoms with Gasteiger partial charge in [-0.3, -0.25) is 30.3 Å². The van der Waals surface area contributed by atoms with E-state index >= 15 is 0 Å². The smallest absolute Gasteiger partial charge is 0.339 e. The lowest BCUT2D eigenvalue weighted by atomic mass is 10.1. The van der Waals surface area contributed by atoms with Crippen molar-refractivity contribution in [2.24, 2.45) is 0 Å². The van der Waals surface area contributed by atoms with E-state index in [4.69, 9.17) is 9.47 Å². The van der Waals surface area contributed by atoms with Gasteiger partial charge in [-0.1, -0.05) is 12.1 Å². The highest BCUT2D eigenvalue weighted by atomic mass is 32.1. The van der Waals surface area contributed by atoms with E-state index in [0.717, 1.165) is 17.4 Å². The second kappa shape index (κ2) is 11.1. The molecule has 0 spiro atoms. The summed E-state index contributed by atoms with van der Waals surface area (Å²) in [5, 5.41) is 27.0. The van der Waals surface area contributed by atoms with E-state index in [1.165, 1.54) is 37.3 Å². The summed E-state index contributed by atoms with van der Waals surface area (Å²) >= 11 is 1.10.